The summed E-state index contributed by atoms with van der Waals surface area (Å²) in [4.78, 5) is 11.1. The molecule has 6 nitrogen and oxygen atoms in total. The first kappa shape index (κ1) is 16.5. The molecule has 1 aromatic carbocycles. The van der Waals surface area contributed by atoms with Gasteiger partial charge in [-0.3, -0.25) is 0 Å². The van der Waals surface area contributed by atoms with Crippen molar-refractivity contribution in [2.45, 2.75) is 24.8 Å². The quantitative estimate of drug-likeness (QED) is 0.826. The van der Waals surface area contributed by atoms with E-state index in [0.29, 0.717) is 12.2 Å². The smallest absolute Gasteiger partial charge is 0.405 e. The highest BCUT2D eigenvalue weighted by molar-refractivity contribution is 7.91. The fraction of sp³-hybridized carbons (Fsp3) is 0.462. The van der Waals surface area contributed by atoms with Crippen LogP contribution < -0.4 is 5.73 Å². The van der Waals surface area contributed by atoms with E-state index in [4.69, 9.17) is 15.2 Å². The lowest BCUT2D eigenvalue weighted by Crippen LogP contribution is -2.21. The highest BCUT2D eigenvalue weighted by atomic mass is 32.2. The van der Waals surface area contributed by atoms with Crippen LogP contribution in [0.4, 0.5) is 4.79 Å². The Kier molecular flexibility index (Phi) is 5.97. The number of carbonyl (C=O) groups excluding carboxylic acids is 1. The lowest BCUT2D eigenvalue weighted by atomic mass is 10.1. The van der Waals surface area contributed by atoms with Gasteiger partial charge in [-0.05, 0) is 24.6 Å². The standard InChI is InChI=1S/C13H19NO5S/c1-3-18-9-12(19-13(14)15)10-5-7-11(8-6-10)20(16,17)4-2/h5-8,12H,3-4,9H2,1-2H3,(H2,14,15). The minimum absolute atomic E-state index is 0.0342. The summed E-state index contributed by atoms with van der Waals surface area (Å²) in [6.07, 6.45) is -1.55. The van der Waals surface area contributed by atoms with Crippen LogP contribution in [0.3, 0.4) is 0 Å². The van der Waals surface area contributed by atoms with Crippen molar-refractivity contribution in [2.24, 2.45) is 5.73 Å². The minimum Gasteiger partial charge on any atom is -0.439 e. The van der Waals surface area contributed by atoms with Gasteiger partial charge in [-0.15, -0.1) is 0 Å². The second-order valence-corrected chi connectivity index (χ2v) is 6.34. The number of amides is 1. The Morgan fingerprint density at radius 2 is 1.85 bits per heavy atom. The van der Waals surface area contributed by atoms with Crippen molar-refractivity contribution < 1.29 is 22.7 Å². The van der Waals surface area contributed by atoms with Crippen LogP contribution in [0.25, 0.3) is 0 Å². The largest absolute Gasteiger partial charge is 0.439 e. The summed E-state index contributed by atoms with van der Waals surface area (Å²) in [5.41, 5.74) is 5.64. The minimum atomic E-state index is -3.24. The molecule has 1 amide bonds. The second-order valence-electron chi connectivity index (χ2n) is 4.06. The molecular formula is C13H19NO5S. The fourth-order valence-electron chi connectivity index (χ4n) is 1.62. The van der Waals surface area contributed by atoms with Crippen molar-refractivity contribution in [2.75, 3.05) is 19.0 Å². The number of sulfone groups is 1. The highest BCUT2D eigenvalue weighted by Gasteiger charge is 2.17. The molecule has 1 atom stereocenters. The Morgan fingerprint density at radius 1 is 1.25 bits per heavy atom. The maximum atomic E-state index is 11.7. The normalized spacial score (nSPS) is 12.9. The number of benzene rings is 1. The third-order valence-electron chi connectivity index (χ3n) is 2.72. The van der Waals surface area contributed by atoms with Crippen LogP contribution in [0.5, 0.6) is 0 Å². The molecule has 112 valence electrons. The summed E-state index contributed by atoms with van der Waals surface area (Å²) < 4.78 is 33.6. The number of hydrogen-bond acceptors (Lipinski definition) is 5. The molecule has 0 bridgehead atoms. The van der Waals surface area contributed by atoms with Crippen molar-refractivity contribution in [1.82, 2.24) is 0 Å². The van der Waals surface area contributed by atoms with Crippen LogP contribution >= 0.6 is 0 Å². The van der Waals surface area contributed by atoms with E-state index in [1.54, 1.807) is 19.1 Å². The van der Waals surface area contributed by atoms with Gasteiger partial charge in [0.2, 0.25) is 0 Å². The average molecular weight is 301 g/mol. The molecule has 20 heavy (non-hydrogen) atoms. The molecule has 1 rings (SSSR count). The molecule has 0 radical (unpaired) electrons. The van der Waals surface area contributed by atoms with Gasteiger partial charge in [-0.25, -0.2) is 13.2 Å². The summed E-state index contributed by atoms with van der Waals surface area (Å²) in [6.45, 7) is 4.04. The molecular weight excluding hydrogens is 282 g/mol. The predicted octanol–water partition coefficient (Wildman–Crippen LogP) is 1.65. The van der Waals surface area contributed by atoms with Crippen LogP contribution in [-0.2, 0) is 19.3 Å². The molecule has 0 fully saturated rings. The Labute approximate surface area is 118 Å². The van der Waals surface area contributed by atoms with E-state index in [2.05, 4.69) is 0 Å². The number of rotatable bonds is 7. The van der Waals surface area contributed by atoms with Gasteiger partial charge < -0.3 is 15.2 Å². The number of hydrogen-bond donors (Lipinski definition) is 1. The average Bonchev–Trinajstić information content (AvgIpc) is 2.43. The van der Waals surface area contributed by atoms with E-state index >= 15 is 0 Å². The molecule has 0 aliphatic carbocycles. The number of nitrogens with two attached hydrogens (primary N) is 1. The molecule has 0 spiro atoms. The van der Waals surface area contributed by atoms with Gasteiger partial charge in [-0.1, -0.05) is 19.1 Å². The zero-order valence-electron chi connectivity index (χ0n) is 11.5. The maximum Gasteiger partial charge on any atom is 0.405 e. The summed E-state index contributed by atoms with van der Waals surface area (Å²) in [6, 6.07) is 6.15. The predicted molar refractivity (Wildman–Crippen MR) is 74.1 cm³/mol. The highest BCUT2D eigenvalue weighted by Crippen LogP contribution is 2.20. The second kappa shape index (κ2) is 7.25. The van der Waals surface area contributed by atoms with Crippen molar-refractivity contribution >= 4 is 15.9 Å². The van der Waals surface area contributed by atoms with Crippen LogP contribution in [0.2, 0.25) is 0 Å². The van der Waals surface area contributed by atoms with Crippen molar-refractivity contribution in [3.63, 3.8) is 0 Å². The van der Waals surface area contributed by atoms with E-state index in [1.807, 2.05) is 6.92 Å². The maximum absolute atomic E-state index is 11.7. The molecule has 1 unspecified atom stereocenters. The Morgan fingerprint density at radius 3 is 2.30 bits per heavy atom. The molecule has 1 aromatic rings. The molecule has 0 saturated carbocycles. The molecule has 0 aliphatic rings. The first-order chi connectivity index (χ1) is 9.40. The molecule has 0 aliphatic heterocycles. The van der Waals surface area contributed by atoms with E-state index in [0.717, 1.165) is 0 Å². The zero-order chi connectivity index (χ0) is 15.2. The van der Waals surface area contributed by atoms with Gasteiger partial charge in [0.1, 0.15) is 0 Å². The van der Waals surface area contributed by atoms with E-state index in [9.17, 15) is 13.2 Å². The third kappa shape index (κ3) is 4.50. The SMILES string of the molecule is CCOCC(OC(N)=O)c1ccc(S(=O)(=O)CC)cc1. The van der Waals surface area contributed by atoms with Crippen LogP contribution in [0, 0.1) is 0 Å². The Balaban J connectivity index is 2.95. The summed E-state index contributed by atoms with van der Waals surface area (Å²) in [5, 5.41) is 0. The fourth-order valence-corrected chi connectivity index (χ4v) is 2.50. The first-order valence-electron chi connectivity index (χ1n) is 6.27. The zero-order valence-corrected chi connectivity index (χ0v) is 12.4. The number of ether oxygens (including phenoxy) is 2. The van der Waals surface area contributed by atoms with Gasteiger partial charge in [0.05, 0.1) is 17.3 Å². The molecule has 2 N–H and O–H groups in total. The van der Waals surface area contributed by atoms with Crippen molar-refractivity contribution in [1.29, 1.82) is 0 Å². The third-order valence-corrected chi connectivity index (χ3v) is 4.47. The van der Waals surface area contributed by atoms with E-state index in [-0.39, 0.29) is 17.3 Å². The van der Waals surface area contributed by atoms with Gasteiger partial charge >= 0.3 is 6.09 Å². The molecule has 0 heterocycles. The summed E-state index contributed by atoms with van der Waals surface area (Å²) in [7, 11) is -3.24. The summed E-state index contributed by atoms with van der Waals surface area (Å²) in [5.74, 6) is 0.0342. The van der Waals surface area contributed by atoms with Crippen LogP contribution in [0.1, 0.15) is 25.5 Å². The Bertz CT molecular complexity index is 538. The first-order valence-corrected chi connectivity index (χ1v) is 7.92. The Hall–Kier alpha value is -1.60. The van der Waals surface area contributed by atoms with E-state index in [1.165, 1.54) is 12.1 Å². The lowest BCUT2D eigenvalue weighted by Gasteiger charge is -2.17. The number of carbonyl (C=O) groups is 1. The van der Waals surface area contributed by atoms with Gasteiger partial charge in [0.25, 0.3) is 0 Å². The summed E-state index contributed by atoms with van der Waals surface area (Å²) >= 11 is 0. The molecule has 0 aromatic heterocycles. The van der Waals surface area contributed by atoms with E-state index < -0.39 is 22.0 Å². The topological polar surface area (TPSA) is 95.7 Å². The van der Waals surface area contributed by atoms with Gasteiger partial charge in [0.15, 0.2) is 15.9 Å². The lowest BCUT2D eigenvalue weighted by molar-refractivity contribution is 0.0269. The van der Waals surface area contributed by atoms with Crippen LogP contribution in [-0.4, -0.2) is 33.5 Å². The van der Waals surface area contributed by atoms with Crippen molar-refractivity contribution in [3.8, 4) is 0 Å². The molecule has 7 heteroatoms. The molecule has 0 saturated heterocycles. The van der Waals surface area contributed by atoms with Crippen LogP contribution in [0.15, 0.2) is 29.2 Å². The van der Waals surface area contributed by atoms with Gasteiger partial charge in [0, 0.05) is 6.61 Å². The van der Waals surface area contributed by atoms with Crippen molar-refractivity contribution in [3.05, 3.63) is 29.8 Å². The van der Waals surface area contributed by atoms with Gasteiger partial charge in [-0.2, -0.15) is 0 Å². The monoisotopic (exact) mass is 301 g/mol. The number of primary amides is 1.